The minimum Gasteiger partial charge on any atom is -0.260 e. The van der Waals surface area contributed by atoms with Crippen molar-refractivity contribution >= 4 is 0 Å². The normalized spacial score (nSPS) is 8.96. The third-order valence-electron chi connectivity index (χ3n) is 3.19. The van der Waals surface area contributed by atoms with Gasteiger partial charge in [-0.05, 0) is 30.2 Å². The number of benzene rings is 2. The standard InChI is InChI=1S/C21H11N3/c22-15-20-8-4-3-7-19(20)10-9-17-5-1-2-6-18(17)11-12-21-16-23-13-14-24-21/h1-8,13-14,16H. The number of hydrogen-bond donors (Lipinski definition) is 0. The van der Waals surface area contributed by atoms with Crippen LogP contribution in [-0.4, -0.2) is 9.97 Å². The first-order valence-electron chi connectivity index (χ1n) is 7.25. The Morgan fingerprint density at radius 3 is 1.75 bits per heavy atom. The van der Waals surface area contributed by atoms with Gasteiger partial charge >= 0.3 is 0 Å². The highest BCUT2D eigenvalue weighted by atomic mass is 14.7. The van der Waals surface area contributed by atoms with Crippen LogP contribution in [0, 0.1) is 35.0 Å². The van der Waals surface area contributed by atoms with Gasteiger partial charge in [-0.25, -0.2) is 4.98 Å². The quantitative estimate of drug-likeness (QED) is 0.599. The smallest absolute Gasteiger partial charge is 0.131 e. The maximum atomic E-state index is 9.13. The first kappa shape index (κ1) is 15.0. The van der Waals surface area contributed by atoms with E-state index in [1.807, 2.05) is 42.5 Å². The third kappa shape index (κ3) is 3.66. The molecule has 0 saturated heterocycles. The van der Waals surface area contributed by atoms with E-state index >= 15 is 0 Å². The number of rotatable bonds is 0. The fourth-order valence-electron chi connectivity index (χ4n) is 2.02. The largest absolute Gasteiger partial charge is 0.260 e. The van der Waals surface area contributed by atoms with Gasteiger partial charge in [0, 0.05) is 29.1 Å². The van der Waals surface area contributed by atoms with E-state index in [-0.39, 0.29) is 0 Å². The first-order chi connectivity index (χ1) is 11.9. The van der Waals surface area contributed by atoms with Crippen LogP contribution in [-0.2, 0) is 0 Å². The molecule has 1 heterocycles. The molecule has 0 saturated carbocycles. The van der Waals surface area contributed by atoms with Crippen LogP contribution in [0.15, 0.2) is 67.1 Å². The Hall–Kier alpha value is -3.87. The Labute approximate surface area is 140 Å². The molecular formula is C21H11N3. The van der Waals surface area contributed by atoms with Gasteiger partial charge in [0.25, 0.3) is 0 Å². The van der Waals surface area contributed by atoms with Crippen molar-refractivity contribution in [2.24, 2.45) is 0 Å². The average Bonchev–Trinajstić information content (AvgIpc) is 2.66. The summed E-state index contributed by atoms with van der Waals surface area (Å²) in [6.07, 6.45) is 4.83. The molecule has 2 aromatic carbocycles. The van der Waals surface area contributed by atoms with E-state index in [1.165, 1.54) is 0 Å². The highest BCUT2D eigenvalue weighted by Crippen LogP contribution is 2.09. The SMILES string of the molecule is N#Cc1ccccc1C#Cc1ccccc1C#Cc1cnccn1. The minimum absolute atomic E-state index is 0.563. The van der Waals surface area contributed by atoms with Gasteiger partial charge in [-0.3, -0.25) is 4.98 Å². The summed E-state index contributed by atoms with van der Waals surface area (Å²) in [6.45, 7) is 0. The van der Waals surface area contributed by atoms with Crippen LogP contribution in [0.3, 0.4) is 0 Å². The molecule has 1 aromatic heterocycles. The molecule has 24 heavy (non-hydrogen) atoms. The van der Waals surface area contributed by atoms with E-state index in [9.17, 15) is 0 Å². The van der Waals surface area contributed by atoms with Crippen molar-refractivity contribution in [3.8, 4) is 29.8 Å². The lowest BCUT2D eigenvalue weighted by Crippen LogP contribution is -1.86. The lowest BCUT2D eigenvalue weighted by molar-refractivity contribution is 1.17. The lowest BCUT2D eigenvalue weighted by Gasteiger charge is -1.96. The Balaban J connectivity index is 1.96. The first-order valence-corrected chi connectivity index (χ1v) is 7.25. The summed E-state index contributed by atoms with van der Waals surface area (Å²) in [5.41, 5.74) is 3.49. The van der Waals surface area contributed by atoms with Crippen molar-refractivity contribution in [1.82, 2.24) is 9.97 Å². The molecule has 0 N–H and O–H groups in total. The van der Waals surface area contributed by atoms with Crippen molar-refractivity contribution in [2.45, 2.75) is 0 Å². The van der Waals surface area contributed by atoms with Crippen LogP contribution in [0.2, 0.25) is 0 Å². The fourth-order valence-corrected chi connectivity index (χ4v) is 2.02. The molecule has 0 amide bonds. The van der Waals surface area contributed by atoms with Crippen molar-refractivity contribution in [3.63, 3.8) is 0 Å². The van der Waals surface area contributed by atoms with Crippen molar-refractivity contribution in [1.29, 1.82) is 5.26 Å². The predicted octanol–water partition coefficient (Wildman–Crippen LogP) is 3.15. The number of aromatic nitrogens is 2. The molecule has 0 bridgehead atoms. The molecular weight excluding hydrogens is 294 g/mol. The zero-order valence-corrected chi connectivity index (χ0v) is 12.7. The topological polar surface area (TPSA) is 49.6 Å². The molecule has 0 aliphatic rings. The Bertz CT molecular complexity index is 1020. The molecule has 0 unspecified atom stereocenters. The van der Waals surface area contributed by atoms with Crippen molar-refractivity contribution < 1.29 is 0 Å². The molecule has 3 aromatic rings. The summed E-state index contributed by atoms with van der Waals surface area (Å²) >= 11 is 0. The molecule has 0 aliphatic carbocycles. The second-order valence-electron chi connectivity index (χ2n) is 4.79. The fraction of sp³-hybridized carbons (Fsp3) is 0. The highest BCUT2D eigenvalue weighted by Gasteiger charge is 1.98. The van der Waals surface area contributed by atoms with E-state index < -0.39 is 0 Å². The summed E-state index contributed by atoms with van der Waals surface area (Å²) in [4.78, 5) is 8.12. The van der Waals surface area contributed by atoms with Crippen LogP contribution >= 0.6 is 0 Å². The summed E-state index contributed by atoms with van der Waals surface area (Å²) < 4.78 is 0. The molecule has 3 rings (SSSR count). The average molecular weight is 305 g/mol. The molecule has 3 heteroatoms. The van der Waals surface area contributed by atoms with Gasteiger partial charge in [0.15, 0.2) is 0 Å². The Kier molecular flexibility index (Phi) is 4.64. The van der Waals surface area contributed by atoms with Gasteiger partial charge in [-0.15, -0.1) is 0 Å². The molecule has 0 atom stereocenters. The van der Waals surface area contributed by atoms with Crippen LogP contribution in [0.25, 0.3) is 0 Å². The second kappa shape index (κ2) is 7.41. The van der Waals surface area contributed by atoms with Crippen molar-refractivity contribution in [3.05, 3.63) is 95.1 Å². The molecule has 3 nitrogen and oxygen atoms in total. The Morgan fingerprint density at radius 1 is 0.667 bits per heavy atom. The third-order valence-corrected chi connectivity index (χ3v) is 3.19. The van der Waals surface area contributed by atoms with E-state index in [0.29, 0.717) is 16.8 Å². The van der Waals surface area contributed by atoms with E-state index in [1.54, 1.807) is 24.7 Å². The van der Waals surface area contributed by atoms with Crippen LogP contribution in [0.5, 0.6) is 0 Å². The predicted molar refractivity (Wildman–Crippen MR) is 91.6 cm³/mol. The molecule has 0 fully saturated rings. The zero-order chi connectivity index (χ0) is 16.6. The monoisotopic (exact) mass is 305 g/mol. The molecule has 110 valence electrons. The van der Waals surface area contributed by atoms with E-state index in [2.05, 4.69) is 39.7 Å². The van der Waals surface area contributed by atoms with Crippen LogP contribution in [0.1, 0.15) is 27.9 Å². The van der Waals surface area contributed by atoms with Gasteiger partial charge in [0.2, 0.25) is 0 Å². The lowest BCUT2D eigenvalue weighted by atomic mass is 10.1. The summed E-state index contributed by atoms with van der Waals surface area (Å²) in [5.74, 6) is 12.2. The summed E-state index contributed by atoms with van der Waals surface area (Å²) in [5, 5.41) is 9.13. The minimum atomic E-state index is 0.563. The summed E-state index contributed by atoms with van der Waals surface area (Å²) in [6, 6.07) is 17.1. The summed E-state index contributed by atoms with van der Waals surface area (Å²) in [7, 11) is 0. The zero-order valence-electron chi connectivity index (χ0n) is 12.7. The van der Waals surface area contributed by atoms with Crippen molar-refractivity contribution in [2.75, 3.05) is 0 Å². The highest BCUT2D eigenvalue weighted by molar-refractivity contribution is 5.55. The van der Waals surface area contributed by atoms with Gasteiger partial charge < -0.3 is 0 Å². The maximum absolute atomic E-state index is 9.13. The second-order valence-corrected chi connectivity index (χ2v) is 4.79. The van der Waals surface area contributed by atoms with Gasteiger partial charge in [0.1, 0.15) is 11.8 Å². The Morgan fingerprint density at radius 2 is 1.21 bits per heavy atom. The van der Waals surface area contributed by atoms with Crippen LogP contribution < -0.4 is 0 Å². The number of hydrogen-bond acceptors (Lipinski definition) is 3. The van der Waals surface area contributed by atoms with E-state index in [4.69, 9.17) is 5.26 Å². The van der Waals surface area contributed by atoms with Gasteiger partial charge in [-0.1, -0.05) is 42.0 Å². The van der Waals surface area contributed by atoms with Crippen LogP contribution in [0.4, 0.5) is 0 Å². The number of nitriles is 1. The number of nitrogens with zero attached hydrogens (tertiary/aromatic N) is 3. The molecule has 0 spiro atoms. The molecule has 0 aliphatic heterocycles. The molecule has 0 radical (unpaired) electrons. The van der Waals surface area contributed by atoms with Gasteiger partial charge in [-0.2, -0.15) is 5.26 Å². The maximum Gasteiger partial charge on any atom is 0.131 e. The van der Waals surface area contributed by atoms with Gasteiger partial charge in [0.05, 0.1) is 11.8 Å². The van der Waals surface area contributed by atoms with E-state index in [0.717, 1.165) is 11.1 Å².